The first-order valence-corrected chi connectivity index (χ1v) is 9.62. The summed E-state index contributed by atoms with van der Waals surface area (Å²) in [6.07, 6.45) is 2.23. The number of hydrogen-bond donors (Lipinski definition) is 2. The summed E-state index contributed by atoms with van der Waals surface area (Å²) in [7, 11) is 0. The second kappa shape index (κ2) is 8.60. The largest absolute Gasteiger partial charge is 0.478 e. The van der Waals surface area contributed by atoms with E-state index in [-0.39, 0.29) is 22.5 Å². The lowest BCUT2D eigenvalue weighted by Gasteiger charge is -2.46. The van der Waals surface area contributed by atoms with Crippen LogP contribution < -0.4 is 0 Å². The van der Waals surface area contributed by atoms with Crippen molar-refractivity contribution < 1.29 is 24.6 Å². The summed E-state index contributed by atoms with van der Waals surface area (Å²) in [5.74, 6) is -2.24. The van der Waals surface area contributed by atoms with Crippen LogP contribution in [-0.4, -0.2) is 28.4 Å². The first kappa shape index (κ1) is 22.3. The van der Waals surface area contributed by atoms with Gasteiger partial charge in [-0.1, -0.05) is 52.0 Å². The molecule has 0 aliphatic carbocycles. The summed E-state index contributed by atoms with van der Waals surface area (Å²) in [6.45, 7) is 8.29. The third-order valence-electron chi connectivity index (χ3n) is 6.14. The normalized spacial score (nSPS) is 14.6. The Morgan fingerprint density at radius 3 is 1.69 bits per heavy atom. The van der Waals surface area contributed by atoms with Crippen molar-refractivity contribution in [3.63, 3.8) is 0 Å². The second-order valence-corrected chi connectivity index (χ2v) is 8.62. The van der Waals surface area contributed by atoms with E-state index in [1.165, 1.54) is 0 Å². The first-order chi connectivity index (χ1) is 13.5. The van der Waals surface area contributed by atoms with E-state index in [1.807, 2.05) is 0 Å². The number of hydrogen-bond acceptors (Lipinski definition) is 3. The molecular weight excluding hydrogens is 368 g/mol. The molecule has 0 aliphatic heterocycles. The summed E-state index contributed by atoms with van der Waals surface area (Å²) in [6, 6.07) is 13.5. The van der Waals surface area contributed by atoms with E-state index in [0.29, 0.717) is 12.8 Å². The molecule has 29 heavy (non-hydrogen) atoms. The second-order valence-electron chi connectivity index (χ2n) is 8.62. The summed E-state index contributed by atoms with van der Waals surface area (Å²) in [4.78, 5) is 34.3. The van der Waals surface area contributed by atoms with Gasteiger partial charge < -0.3 is 15.0 Å². The SMILES string of the molecule is CC(C)(C)C(C)(c1ccc(C(=O)O)cc1)C(C=O)CCc1ccc(C(=O)O)cc1. The molecule has 5 nitrogen and oxygen atoms in total. The Bertz CT molecular complexity index is 875. The maximum absolute atomic E-state index is 12.1. The molecule has 0 radical (unpaired) electrons. The smallest absolute Gasteiger partial charge is 0.335 e. The van der Waals surface area contributed by atoms with Crippen molar-refractivity contribution in [2.75, 3.05) is 0 Å². The highest BCUT2D eigenvalue weighted by Gasteiger charge is 2.45. The van der Waals surface area contributed by atoms with Crippen molar-refractivity contribution in [3.8, 4) is 0 Å². The molecular formula is C24H28O5. The molecule has 0 heterocycles. The van der Waals surface area contributed by atoms with E-state index in [4.69, 9.17) is 10.2 Å². The van der Waals surface area contributed by atoms with Crippen molar-refractivity contribution in [1.82, 2.24) is 0 Å². The van der Waals surface area contributed by atoms with Gasteiger partial charge in [0.15, 0.2) is 0 Å². The van der Waals surface area contributed by atoms with Gasteiger partial charge in [0.25, 0.3) is 0 Å². The van der Waals surface area contributed by atoms with Gasteiger partial charge in [-0.25, -0.2) is 9.59 Å². The van der Waals surface area contributed by atoms with Gasteiger partial charge >= 0.3 is 11.9 Å². The number of carboxylic acid groups (broad SMARTS) is 2. The molecule has 154 valence electrons. The molecule has 2 atom stereocenters. The molecule has 2 rings (SSSR count). The fourth-order valence-corrected chi connectivity index (χ4v) is 3.79. The number of rotatable bonds is 8. The molecule has 0 aliphatic rings. The summed E-state index contributed by atoms with van der Waals surface area (Å²) in [5.41, 5.74) is 1.58. The Labute approximate surface area is 171 Å². The molecule has 0 bridgehead atoms. The molecule has 2 aromatic rings. The monoisotopic (exact) mass is 396 g/mol. The maximum atomic E-state index is 12.1. The Kier molecular flexibility index (Phi) is 6.62. The average molecular weight is 396 g/mol. The molecule has 0 aromatic heterocycles. The van der Waals surface area contributed by atoms with Gasteiger partial charge in [0.2, 0.25) is 0 Å². The number of benzene rings is 2. The lowest BCUT2D eigenvalue weighted by atomic mass is 9.57. The van der Waals surface area contributed by atoms with Crippen LogP contribution in [0.3, 0.4) is 0 Å². The molecule has 0 fully saturated rings. The Morgan fingerprint density at radius 1 is 0.862 bits per heavy atom. The van der Waals surface area contributed by atoms with Crippen LogP contribution in [0.4, 0.5) is 0 Å². The fourth-order valence-electron chi connectivity index (χ4n) is 3.79. The van der Waals surface area contributed by atoms with Crippen LogP contribution in [0.2, 0.25) is 0 Å². The van der Waals surface area contributed by atoms with Crippen LogP contribution in [0, 0.1) is 11.3 Å². The van der Waals surface area contributed by atoms with E-state index < -0.39 is 17.4 Å². The van der Waals surface area contributed by atoms with Crippen LogP contribution in [0.1, 0.15) is 66.0 Å². The van der Waals surface area contributed by atoms with Gasteiger partial charge in [0.05, 0.1) is 11.1 Å². The van der Waals surface area contributed by atoms with Crippen molar-refractivity contribution in [3.05, 3.63) is 70.8 Å². The zero-order valence-corrected chi connectivity index (χ0v) is 17.3. The Hall–Kier alpha value is -2.95. The van der Waals surface area contributed by atoms with Gasteiger partial charge in [-0.3, -0.25) is 0 Å². The van der Waals surface area contributed by atoms with E-state index >= 15 is 0 Å². The predicted molar refractivity (Wildman–Crippen MR) is 111 cm³/mol. The lowest BCUT2D eigenvalue weighted by Crippen LogP contribution is -2.45. The zero-order valence-electron chi connectivity index (χ0n) is 17.3. The molecule has 0 spiro atoms. The standard InChI is InChI=1S/C24H28O5/c1-23(2,3)24(4,19-13-10-18(11-14-19)22(28)29)20(15-25)12-7-16-5-8-17(9-6-16)21(26)27/h5-6,8-11,13-15,20H,7,12H2,1-4H3,(H,26,27)(H,28,29). The summed E-state index contributed by atoms with van der Waals surface area (Å²) >= 11 is 0. The Balaban J connectivity index is 2.32. The van der Waals surface area contributed by atoms with E-state index in [2.05, 4.69) is 27.7 Å². The highest BCUT2D eigenvalue weighted by atomic mass is 16.4. The molecule has 2 N–H and O–H groups in total. The van der Waals surface area contributed by atoms with Gasteiger partial charge in [-0.15, -0.1) is 0 Å². The number of carboxylic acids is 2. The maximum Gasteiger partial charge on any atom is 0.335 e. The molecule has 5 heteroatoms. The van der Waals surface area contributed by atoms with Crippen molar-refractivity contribution in [2.45, 2.75) is 46.0 Å². The molecule has 0 saturated carbocycles. The van der Waals surface area contributed by atoms with Crippen LogP contribution in [0.15, 0.2) is 48.5 Å². The fraction of sp³-hybridized carbons (Fsp3) is 0.375. The van der Waals surface area contributed by atoms with Gasteiger partial charge in [-0.2, -0.15) is 0 Å². The van der Waals surface area contributed by atoms with Crippen molar-refractivity contribution in [1.29, 1.82) is 0 Å². The molecule has 2 aromatic carbocycles. The number of aldehydes is 1. The number of carbonyl (C=O) groups excluding carboxylic acids is 1. The minimum absolute atomic E-state index is 0.214. The van der Waals surface area contributed by atoms with Crippen LogP contribution in [-0.2, 0) is 16.6 Å². The van der Waals surface area contributed by atoms with Crippen LogP contribution >= 0.6 is 0 Å². The number of carbonyl (C=O) groups is 3. The highest BCUT2D eigenvalue weighted by molar-refractivity contribution is 5.88. The van der Waals surface area contributed by atoms with E-state index in [9.17, 15) is 14.4 Å². The van der Waals surface area contributed by atoms with E-state index in [0.717, 1.165) is 17.4 Å². The number of aromatic carboxylic acids is 2. The minimum Gasteiger partial charge on any atom is -0.478 e. The summed E-state index contributed by atoms with van der Waals surface area (Å²) < 4.78 is 0. The minimum atomic E-state index is -0.981. The molecule has 2 unspecified atom stereocenters. The van der Waals surface area contributed by atoms with Crippen LogP contribution in [0.5, 0.6) is 0 Å². The van der Waals surface area contributed by atoms with Crippen molar-refractivity contribution >= 4 is 18.2 Å². The third kappa shape index (κ3) is 4.73. The van der Waals surface area contributed by atoms with Crippen molar-refractivity contribution in [2.24, 2.45) is 11.3 Å². The average Bonchev–Trinajstić information content (AvgIpc) is 2.67. The zero-order chi connectivity index (χ0) is 21.8. The predicted octanol–water partition coefficient (Wildman–Crippen LogP) is 4.83. The Morgan fingerprint density at radius 2 is 1.31 bits per heavy atom. The van der Waals surface area contributed by atoms with E-state index in [1.54, 1.807) is 48.5 Å². The number of aryl methyl sites for hydroxylation is 1. The lowest BCUT2D eigenvalue weighted by molar-refractivity contribution is -0.115. The van der Waals surface area contributed by atoms with Gasteiger partial charge in [0.1, 0.15) is 6.29 Å². The third-order valence-corrected chi connectivity index (χ3v) is 6.14. The quantitative estimate of drug-likeness (QED) is 0.623. The van der Waals surface area contributed by atoms with Gasteiger partial charge in [-0.05, 0) is 53.6 Å². The first-order valence-electron chi connectivity index (χ1n) is 9.62. The molecule has 0 amide bonds. The van der Waals surface area contributed by atoms with Crippen LogP contribution in [0.25, 0.3) is 0 Å². The topological polar surface area (TPSA) is 91.7 Å². The molecule has 0 saturated heterocycles. The van der Waals surface area contributed by atoms with Gasteiger partial charge in [0, 0.05) is 11.3 Å². The summed E-state index contributed by atoms with van der Waals surface area (Å²) in [5, 5.41) is 18.2. The highest BCUT2D eigenvalue weighted by Crippen LogP contribution is 2.47.